The van der Waals surface area contributed by atoms with Crippen LogP contribution in [0.2, 0.25) is 0 Å². The minimum absolute atomic E-state index is 0.0785. The smallest absolute Gasteiger partial charge is 0.240 e. The van der Waals surface area contributed by atoms with Gasteiger partial charge in [0.15, 0.2) is 0 Å². The van der Waals surface area contributed by atoms with Crippen LogP contribution < -0.4 is 5.32 Å². The standard InChI is InChI=1S/C24H22N4O/c1-18-7-5-6-10-21(18)23(19-11-13-25-14-12-19)27-22(29)17-28-16-15-26-24(28)20-8-3-2-4-9-20/h2-16,23H,17H2,1H3,(H,27,29)/t23-/m1/s1. The van der Waals surface area contributed by atoms with Crippen LogP contribution in [0, 0.1) is 6.92 Å². The zero-order valence-electron chi connectivity index (χ0n) is 16.2. The van der Waals surface area contributed by atoms with Gasteiger partial charge in [0, 0.05) is 30.4 Å². The van der Waals surface area contributed by atoms with Crippen LogP contribution in [0.1, 0.15) is 22.7 Å². The zero-order chi connectivity index (χ0) is 20.1. The number of aromatic nitrogens is 3. The summed E-state index contributed by atoms with van der Waals surface area (Å²) in [5, 5.41) is 3.19. The first-order valence-corrected chi connectivity index (χ1v) is 9.54. The predicted octanol–water partition coefficient (Wildman–Crippen LogP) is 4.16. The SMILES string of the molecule is Cc1ccccc1[C@H](NC(=O)Cn1ccnc1-c1ccccc1)c1ccncc1. The fourth-order valence-corrected chi connectivity index (χ4v) is 3.45. The van der Waals surface area contributed by atoms with Crippen LogP contribution in [0.5, 0.6) is 0 Å². The number of hydrogen-bond acceptors (Lipinski definition) is 3. The zero-order valence-corrected chi connectivity index (χ0v) is 16.2. The lowest BCUT2D eigenvalue weighted by atomic mass is 9.95. The number of aryl methyl sites for hydroxylation is 1. The second kappa shape index (κ2) is 8.52. The normalized spacial score (nSPS) is 11.8. The molecule has 0 aliphatic heterocycles. The van der Waals surface area contributed by atoms with Gasteiger partial charge in [0.2, 0.25) is 5.91 Å². The van der Waals surface area contributed by atoms with Crippen molar-refractivity contribution in [3.63, 3.8) is 0 Å². The summed E-state index contributed by atoms with van der Waals surface area (Å²) >= 11 is 0. The maximum absolute atomic E-state index is 13.0. The lowest BCUT2D eigenvalue weighted by Gasteiger charge is -2.22. The van der Waals surface area contributed by atoms with Crippen LogP contribution in [0.3, 0.4) is 0 Å². The Morgan fingerprint density at radius 3 is 2.45 bits per heavy atom. The topological polar surface area (TPSA) is 59.8 Å². The molecule has 2 aromatic heterocycles. The summed E-state index contributed by atoms with van der Waals surface area (Å²) in [6.07, 6.45) is 7.04. The molecule has 29 heavy (non-hydrogen) atoms. The summed E-state index contributed by atoms with van der Waals surface area (Å²) in [5.74, 6) is 0.697. The van der Waals surface area contributed by atoms with Crippen molar-refractivity contribution in [1.29, 1.82) is 0 Å². The average molecular weight is 382 g/mol. The molecule has 0 saturated carbocycles. The number of hydrogen-bond donors (Lipinski definition) is 1. The third kappa shape index (κ3) is 4.24. The molecule has 0 unspecified atom stereocenters. The maximum atomic E-state index is 13.0. The summed E-state index contributed by atoms with van der Waals surface area (Å²) in [5.41, 5.74) is 4.18. The minimum atomic E-state index is -0.240. The number of benzene rings is 2. The number of pyridine rings is 1. The molecule has 5 nitrogen and oxygen atoms in total. The Balaban J connectivity index is 1.59. The number of amides is 1. The highest BCUT2D eigenvalue weighted by atomic mass is 16.2. The minimum Gasteiger partial charge on any atom is -0.344 e. The Hall–Kier alpha value is -3.73. The molecular weight excluding hydrogens is 360 g/mol. The number of carbonyl (C=O) groups excluding carboxylic acids is 1. The van der Waals surface area contributed by atoms with E-state index in [9.17, 15) is 4.79 Å². The monoisotopic (exact) mass is 382 g/mol. The first kappa shape index (κ1) is 18.6. The molecule has 0 radical (unpaired) electrons. The van der Waals surface area contributed by atoms with Crippen LogP contribution in [0.25, 0.3) is 11.4 Å². The molecule has 0 fully saturated rings. The van der Waals surface area contributed by atoms with E-state index in [1.807, 2.05) is 71.4 Å². The van der Waals surface area contributed by atoms with E-state index in [2.05, 4.69) is 28.3 Å². The van der Waals surface area contributed by atoms with Gasteiger partial charge in [-0.1, -0.05) is 54.6 Å². The Labute approximate surface area is 170 Å². The molecule has 1 amide bonds. The summed E-state index contributed by atoms with van der Waals surface area (Å²) in [4.78, 5) is 21.5. The second-order valence-corrected chi connectivity index (χ2v) is 6.88. The third-order valence-electron chi connectivity index (χ3n) is 4.91. The molecule has 0 spiro atoms. The molecule has 0 aliphatic rings. The molecule has 5 heteroatoms. The van der Waals surface area contributed by atoms with Crippen molar-refractivity contribution in [1.82, 2.24) is 19.9 Å². The maximum Gasteiger partial charge on any atom is 0.240 e. The molecule has 2 heterocycles. The first-order chi connectivity index (χ1) is 14.2. The van der Waals surface area contributed by atoms with Crippen molar-refractivity contribution in [3.8, 4) is 11.4 Å². The van der Waals surface area contributed by atoms with Gasteiger partial charge < -0.3 is 9.88 Å². The quantitative estimate of drug-likeness (QED) is 0.545. The van der Waals surface area contributed by atoms with Crippen molar-refractivity contribution in [2.45, 2.75) is 19.5 Å². The van der Waals surface area contributed by atoms with Crippen LogP contribution in [0.15, 0.2) is 91.5 Å². The van der Waals surface area contributed by atoms with E-state index in [1.165, 1.54) is 0 Å². The van der Waals surface area contributed by atoms with Gasteiger partial charge >= 0.3 is 0 Å². The largest absolute Gasteiger partial charge is 0.344 e. The highest BCUT2D eigenvalue weighted by Gasteiger charge is 2.19. The van der Waals surface area contributed by atoms with Crippen molar-refractivity contribution >= 4 is 5.91 Å². The van der Waals surface area contributed by atoms with Crippen LogP contribution >= 0.6 is 0 Å². The van der Waals surface area contributed by atoms with E-state index in [0.29, 0.717) is 0 Å². The van der Waals surface area contributed by atoms with E-state index in [-0.39, 0.29) is 18.5 Å². The predicted molar refractivity (Wildman–Crippen MR) is 113 cm³/mol. The van der Waals surface area contributed by atoms with Gasteiger partial charge in [-0.2, -0.15) is 0 Å². The first-order valence-electron chi connectivity index (χ1n) is 9.54. The lowest BCUT2D eigenvalue weighted by Crippen LogP contribution is -2.32. The molecule has 1 atom stereocenters. The fourth-order valence-electron chi connectivity index (χ4n) is 3.45. The number of imidazole rings is 1. The number of rotatable bonds is 6. The summed E-state index contributed by atoms with van der Waals surface area (Å²) in [6.45, 7) is 2.25. The fraction of sp³-hybridized carbons (Fsp3) is 0.125. The lowest BCUT2D eigenvalue weighted by molar-refractivity contribution is -0.122. The Morgan fingerprint density at radius 2 is 1.69 bits per heavy atom. The van der Waals surface area contributed by atoms with E-state index in [4.69, 9.17) is 0 Å². The van der Waals surface area contributed by atoms with Gasteiger partial charge in [-0.3, -0.25) is 9.78 Å². The average Bonchev–Trinajstić information content (AvgIpc) is 3.22. The number of nitrogens with one attached hydrogen (secondary N) is 1. The van der Waals surface area contributed by atoms with Gasteiger partial charge in [0.25, 0.3) is 0 Å². The molecule has 0 saturated heterocycles. The van der Waals surface area contributed by atoms with Crippen LogP contribution in [0.4, 0.5) is 0 Å². The summed E-state index contributed by atoms with van der Waals surface area (Å²) in [7, 11) is 0. The molecule has 144 valence electrons. The molecular formula is C24H22N4O. The second-order valence-electron chi connectivity index (χ2n) is 6.88. The molecule has 4 rings (SSSR count). The molecule has 0 aliphatic carbocycles. The Kier molecular flexibility index (Phi) is 5.47. The molecule has 4 aromatic rings. The van der Waals surface area contributed by atoms with E-state index < -0.39 is 0 Å². The number of carbonyl (C=O) groups is 1. The van der Waals surface area contributed by atoms with Crippen molar-refractivity contribution < 1.29 is 4.79 Å². The molecule has 0 bridgehead atoms. The summed E-state index contributed by atoms with van der Waals surface area (Å²) in [6, 6.07) is 21.6. The van der Waals surface area contributed by atoms with Gasteiger partial charge in [-0.05, 0) is 35.7 Å². The van der Waals surface area contributed by atoms with E-state index >= 15 is 0 Å². The third-order valence-corrected chi connectivity index (χ3v) is 4.91. The van der Waals surface area contributed by atoms with Gasteiger partial charge in [-0.15, -0.1) is 0 Å². The van der Waals surface area contributed by atoms with Crippen LogP contribution in [-0.2, 0) is 11.3 Å². The van der Waals surface area contributed by atoms with Gasteiger partial charge in [-0.25, -0.2) is 4.98 Å². The molecule has 1 N–H and O–H groups in total. The van der Waals surface area contributed by atoms with Crippen molar-refractivity contribution in [3.05, 3.63) is 108 Å². The van der Waals surface area contributed by atoms with Crippen molar-refractivity contribution in [2.24, 2.45) is 0 Å². The van der Waals surface area contributed by atoms with E-state index in [1.54, 1.807) is 18.6 Å². The molecule has 2 aromatic carbocycles. The highest BCUT2D eigenvalue weighted by Crippen LogP contribution is 2.25. The Bertz CT molecular complexity index is 1090. The summed E-state index contributed by atoms with van der Waals surface area (Å²) < 4.78 is 1.87. The van der Waals surface area contributed by atoms with Crippen LogP contribution in [-0.4, -0.2) is 20.4 Å². The van der Waals surface area contributed by atoms with Crippen molar-refractivity contribution in [2.75, 3.05) is 0 Å². The van der Waals surface area contributed by atoms with Gasteiger partial charge in [0.05, 0.1) is 6.04 Å². The highest BCUT2D eigenvalue weighted by molar-refractivity contribution is 5.77. The van der Waals surface area contributed by atoms with E-state index in [0.717, 1.165) is 28.1 Å². The Morgan fingerprint density at radius 1 is 0.966 bits per heavy atom. The number of nitrogens with zero attached hydrogens (tertiary/aromatic N) is 3. The van der Waals surface area contributed by atoms with Gasteiger partial charge in [0.1, 0.15) is 12.4 Å².